The van der Waals surface area contributed by atoms with E-state index in [0.29, 0.717) is 0 Å². The summed E-state index contributed by atoms with van der Waals surface area (Å²) in [6, 6.07) is 0. The first-order valence-electron chi connectivity index (χ1n) is 3.22. The second-order valence-corrected chi connectivity index (χ2v) is 2.17. The number of rotatable bonds is 3. The van der Waals surface area contributed by atoms with Crippen LogP contribution in [0.15, 0.2) is 0 Å². The number of esters is 1. The topological polar surface area (TPSA) is 47.6 Å². The highest BCUT2D eigenvalue weighted by atomic mass is 35.5. The van der Waals surface area contributed by atoms with Crippen molar-refractivity contribution >= 4 is 18.4 Å². The van der Waals surface area contributed by atoms with Crippen LogP contribution < -0.4 is 5.32 Å². The predicted octanol–water partition coefficient (Wildman–Crippen LogP) is -0.430. The van der Waals surface area contributed by atoms with E-state index in [1.165, 1.54) is 7.11 Å². The van der Waals surface area contributed by atoms with Crippen LogP contribution in [-0.4, -0.2) is 38.9 Å². The zero-order chi connectivity index (χ0) is 7.40. The quantitative estimate of drug-likeness (QED) is 0.601. The minimum Gasteiger partial charge on any atom is -0.467 e. The molecule has 0 radical (unpaired) electrons. The summed E-state index contributed by atoms with van der Waals surface area (Å²) >= 11 is 0. The first-order chi connectivity index (χ1) is 4.83. The van der Waals surface area contributed by atoms with Crippen LogP contribution in [0.2, 0.25) is 0 Å². The van der Waals surface area contributed by atoms with Crippen LogP contribution in [0, 0.1) is 0 Å². The van der Waals surface area contributed by atoms with E-state index in [1.807, 2.05) is 0 Å². The number of ether oxygens (including phenoxy) is 2. The average Bonchev–Trinajstić information content (AvgIpc) is 1.84. The Balaban J connectivity index is 0.000001000. The van der Waals surface area contributed by atoms with Crippen LogP contribution in [0.25, 0.3) is 0 Å². The fraction of sp³-hybridized carbons (Fsp3) is 0.833. The lowest BCUT2D eigenvalue weighted by Gasteiger charge is -2.26. The fourth-order valence-corrected chi connectivity index (χ4v) is 0.625. The molecule has 66 valence electrons. The number of nitrogens with one attached hydrogen (secondary N) is 1. The molecule has 4 nitrogen and oxygen atoms in total. The second kappa shape index (κ2) is 5.35. The van der Waals surface area contributed by atoms with Gasteiger partial charge in [0.25, 0.3) is 0 Å². The van der Waals surface area contributed by atoms with Gasteiger partial charge >= 0.3 is 5.97 Å². The van der Waals surface area contributed by atoms with Crippen molar-refractivity contribution in [2.24, 2.45) is 0 Å². The lowest BCUT2D eigenvalue weighted by molar-refractivity contribution is -0.148. The molecule has 0 saturated carbocycles. The van der Waals surface area contributed by atoms with Crippen molar-refractivity contribution in [2.45, 2.75) is 6.10 Å². The van der Waals surface area contributed by atoms with Gasteiger partial charge in [-0.05, 0) is 0 Å². The molecule has 0 unspecified atom stereocenters. The Morgan fingerprint density at radius 3 is 2.64 bits per heavy atom. The molecular formula is C6H12ClNO3. The van der Waals surface area contributed by atoms with Crippen LogP contribution in [0.4, 0.5) is 0 Å². The van der Waals surface area contributed by atoms with Crippen molar-refractivity contribution in [1.29, 1.82) is 0 Å². The summed E-state index contributed by atoms with van der Waals surface area (Å²) in [5.74, 6) is -0.313. The van der Waals surface area contributed by atoms with E-state index in [-0.39, 0.29) is 31.1 Å². The molecule has 0 bridgehead atoms. The normalized spacial score (nSPS) is 16.5. The standard InChI is InChI=1S/C6H11NO3.ClH/c1-9-6(8)4-10-5-2-7-3-5;/h5,7H,2-4H2,1H3;1H. The first-order valence-corrected chi connectivity index (χ1v) is 3.22. The third-order valence-electron chi connectivity index (χ3n) is 1.41. The molecule has 0 aromatic heterocycles. The van der Waals surface area contributed by atoms with Crippen molar-refractivity contribution < 1.29 is 14.3 Å². The molecule has 1 rings (SSSR count). The summed E-state index contributed by atoms with van der Waals surface area (Å²) < 4.78 is 9.48. The molecule has 1 aliphatic rings. The van der Waals surface area contributed by atoms with E-state index in [0.717, 1.165) is 13.1 Å². The van der Waals surface area contributed by atoms with E-state index in [1.54, 1.807) is 0 Å². The summed E-state index contributed by atoms with van der Waals surface area (Å²) in [6.07, 6.45) is 0.207. The van der Waals surface area contributed by atoms with Gasteiger partial charge in [0, 0.05) is 13.1 Å². The number of methoxy groups -OCH3 is 1. The maximum absolute atomic E-state index is 10.5. The number of hydrogen-bond donors (Lipinski definition) is 1. The molecule has 5 heteroatoms. The predicted molar refractivity (Wildman–Crippen MR) is 41.9 cm³/mol. The van der Waals surface area contributed by atoms with Gasteiger partial charge in [0.2, 0.25) is 0 Å². The molecule has 1 fully saturated rings. The summed E-state index contributed by atoms with van der Waals surface area (Å²) in [5.41, 5.74) is 0. The third kappa shape index (κ3) is 3.55. The number of carbonyl (C=O) groups is 1. The molecule has 0 aromatic rings. The van der Waals surface area contributed by atoms with Gasteiger partial charge in [-0.1, -0.05) is 0 Å². The Morgan fingerprint density at radius 2 is 2.27 bits per heavy atom. The maximum atomic E-state index is 10.5. The van der Waals surface area contributed by atoms with Crippen LogP contribution in [0.1, 0.15) is 0 Å². The zero-order valence-electron chi connectivity index (χ0n) is 6.33. The van der Waals surface area contributed by atoms with Gasteiger partial charge in [-0.3, -0.25) is 0 Å². The van der Waals surface area contributed by atoms with Crippen molar-refractivity contribution in [2.75, 3.05) is 26.8 Å². The van der Waals surface area contributed by atoms with Crippen LogP contribution in [-0.2, 0) is 14.3 Å². The van der Waals surface area contributed by atoms with E-state index < -0.39 is 0 Å². The molecule has 0 spiro atoms. The van der Waals surface area contributed by atoms with Crippen molar-refractivity contribution in [3.05, 3.63) is 0 Å². The lowest BCUT2D eigenvalue weighted by atomic mass is 10.2. The number of halogens is 1. The molecule has 1 N–H and O–H groups in total. The molecule has 1 aliphatic heterocycles. The Bertz CT molecular complexity index is 127. The highest BCUT2D eigenvalue weighted by Crippen LogP contribution is 1.96. The van der Waals surface area contributed by atoms with E-state index >= 15 is 0 Å². The molecule has 1 saturated heterocycles. The van der Waals surface area contributed by atoms with Gasteiger partial charge in [-0.25, -0.2) is 4.79 Å². The molecule has 11 heavy (non-hydrogen) atoms. The Morgan fingerprint density at radius 1 is 1.64 bits per heavy atom. The minimum absolute atomic E-state index is 0. The van der Waals surface area contributed by atoms with Gasteiger partial charge in [0.15, 0.2) is 0 Å². The first kappa shape index (κ1) is 10.7. The molecular weight excluding hydrogens is 170 g/mol. The summed E-state index contributed by atoms with van der Waals surface area (Å²) in [4.78, 5) is 10.5. The van der Waals surface area contributed by atoms with Crippen molar-refractivity contribution in [3.8, 4) is 0 Å². The fourth-order valence-electron chi connectivity index (χ4n) is 0.625. The number of carbonyl (C=O) groups excluding carboxylic acids is 1. The molecule has 0 atom stereocenters. The molecule has 0 aliphatic carbocycles. The molecule has 0 aromatic carbocycles. The largest absolute Gasteiger partial charge is 0.467 e. The van der Waals surface area contributed by atoms with Crippen molar-refractivity contribution in [1.82, 2.24) is 5.32 Å². The smallest absolute Gasteiger partial charge is 0.331 e. The second-order valence-electron chi connectivity index (χ2n) is 2.17. The summed E-state index contributed by atoms with van der Waals surface area (Å²) in [6.45, 7) is 1.76. The van der Waals surface area contributed by atoms with Gasteiger partial charge in [-0.2, -0.15) is 0 Å². The van der Waals surface area contributed by atoms with E-state index in [4.69, 9.17) is 4.74 Å². The molecule has 0 amide bonds. The Kier molecular flexibility index (Phi) is 5.19. The Hall–Kier alpha value is -0.320. The SMILES string of the molecule is COC(=O)COC1CNC1.Cl. The van der Waals surface area contributed by atoms with E-state index in [2.05, 4.69) is 10.1 Å². The summed E-state index contributed by atoms with van der Waals surface area (Å²) in [5, 5.41) is 3.03. The number of hydrogen-bond acceptors (Lipinski definition) is 4. The average molecular weight is 182 g/mol. The maximum Gasteiger partial charge on any atom is 0.331 e. The minimum atomic E-state index is -0.313. The van der Waals surface area contributed by atoms with Crippen molar-refractivity contribution in [3.63, 3.8) is 0 Å². The van der Waals surface area contributed by atoms with E-state index in [9.17, 15) is 4.79 Å². The van der Waals surface area contributed by atoms with Gasteiger partial charge in [0.05, 0.1) is 13.2 Å². The van der Waals surface area contributed by atoms with Gasteiger partial charge in [0.1, 0.15) is 6.61 Å². The van der Waals surface area contributed by atoms with Gasteiger partial charge in [-0.15, -0.1) is 12.4 Å². The highest BCUT2D eigenvalue weighted by molar-refractivity contribution is 5.85. The summed E-state index contributed by atoms with van der Waals surface area (Å²) in [7, 11) is 1.35. The Labute approximate surface area is 71.6 Å². The molecule has 1 heterocycles. The monoisotopic (exact) mass is 181 g/mol. The van der Waals surface area contributed by atoms with Crippen LogP contribution in [0.5, 0.6) is 0 Å². The zero-order valence-corrected chi connectivity index (χ0v) is 7.15. The van der Waals surface area contributed by atoms with Crippen LogP contribution >= 0.6 is 12.4 Å². The van der Waals surface area contributed by atoms with Crippen LogP contribution in [0.3, 0.4) is 0 Å². The third-order valence-corrected chi connectivity index (χ3v) is 1.41. The lowest BCUT2D eigenvalue weighted by Crippen LogP contribution is -2.49. The highest BCUT2D eigenvalue weighted by Gasteiger charge is 2.17. The van der Waals surface area contributed by atoms with Gasteiger partial charge < -0.3 is 14.8 Å².